The van der Waals surface area contributed by atoms with Gasteiger partial charge in [0.05, 0.1) is 11.4 Å². The minimum absolute atomic E-state index is 0. The van der Waals surface area contributed by atoms with Crippen molar-refractivity contribution in [3.8, 4) is 0 Å². The zero-order valence-electron chi connectivity index (χ0n) is 18.3. The second kappa shape index (κ2) is 11.7. The average molecular weight is 558 g/mol. The summed E-state index contributed by atoms with van der Waals surface area (Å²) < 4.78 is 26.4. The fourth-order valence-corrected chi connectivity index (χ4v) is 4.28. The first-order chi connectivity index (χ1) is 14.4. The number of aryl methyl sites for hydroxylation is 1. The van der Waals surface area contributed by atoms with Crippen LogP contribution in [-0.4, -0.2) is 47.1 Å². The third kappa shape index (κ3) is 7.08. The summed E-state index contributed by atoms with van der Waals surface area (Å²) in [4.78, 5) is 7.30. The van der Waals surface area contributed by atoms with E-state index in [1.54, 1.807) is 18.2 Å². The zero-order chi connectivity index (χ0) is 21.6. The van der Waals surface area contributed by atoms with Gasteiger partial charge in [0.1, 0.15) is 0 Å². The first-order valence-electron chi connectivity index (χ1n) is 10.3. The highest BCUT2D eigenvalue weighted by molar-refractivity contribution is 14.0. The second-order valence-corrected chi connectivity index (χ2v) is 9.35. The van der Waals surface area contributed by atoms with Gasteiger partial charge < -0.3 is 15.5 Å². The lowest BCUT2D eigenvalue weighted by molar-refractivity contribution is 0.588. The van der Waals surface area contributed by atoms with Crippen molar-refractivity contribution in [3.05, 3.63) is 59.7 Å². The number of nitrogens with one attached hydrogen (secondary N) is 3. The van der Waals surface area contributed by atoms with Gasteiger partial charge in [0.25, 0.3) is 0 Å². The second-order valence-electron chi connectivity index (χ2n) is 7.46. The fraction of sp³-hybridized carbons (Fsp3) is 0.409. The Morgan fingerprint density at radius 1 is 1.19 bits per heavy atom. The molecular weight excluding hydrogens is 525 g/mol. The van der Waals surface area contributed by atoms with Crippen LogP contribution in [0.2, 0.25) is 0 Å². The van der Waals surface area contributed by atoms with Gasteiger partial charge in [-0.15, -0.1) is 24.0 Å². The van der Waals surface area contributed by atoms with Crippen molar-refractivity contribution in [2.45, 2.75) is 37.8 Å². The van der Waals surface area contributed by atoms with Crippen molar-refractivity contribution in [1.82, 2.24) is 15.4 Å². The van der Waals surface area contributed by atoms with Gasteiger partial charge in [0.15, 0.2) is 5.96 Å². The number of nitrogens with zero attached hydrogens (tertiary/aromatic N) is 2. The van der Waals surface area contributed by atoms with Crippen molar-refractivity contribution in [2.75, 3.05) is 31.6 Å². The van der Waals surface area contributed by atoms with E-state index in [1.165, 1.54) is 18.3 Å². The lowest BCUT2D eigenvalue weighted by Gasteiger charge is -2.20. The molecule has 1 aliphatic rings. The smallest absolute Gasteiger partial charge is 0.240 e. The molecule has 1 atom stereocenters. The van der Waals surface area contributed by atoms with Crippen LogP contribution in [-0.2, 0) is 16.6 Å². The van der Waals surface area contributed by atoms with Crippen LogP contribution in [0.5, 0.6) is 0 Å². The maximum atomic E-state index is 12.0. The predicted octanol–water partition coefficient (Wildman–Crippen LogP) is 2.86. The molecule has 0 amide bonds. The van der Waals surface area contributed by atoms with E-state index in [2.05, 4.69) is 56.4 Å². The molecule has 0 radical (unpaired) electrons. The van der Waals surface area contributed by atoms with E-state index in [4.69, 9.17) is 0 Å². The fourth-order valence-electron chi connectivity index (χ4n) is 3.48. The number of guanidine groups is 1. The molecule has 170 valence electrons. The van der Waals surface area contributed by atoms with Gasteiger partial charge >= 0.3 is 0 Å². The maximum Gasteiger partial charge on any atom is 0.240 e. The van der Waals surface area contributed by atoms with Gasteiger partial charge in [-0.1, -0.05) is 29.8 Å². The molecule has 1 fully saturated rings. The number of rotatable bonds is 7. The Morgan fingerprint density at radius 2 is 1.94 bits per heavy atom. The summed E-state index contributed by atoms with van der Waals surface area (Å²) in [5.74, 6) is 0.745. The van der Waals surface area contributed by atoms with Crippen LogP contribution in [0, 0.1) is 6.92 Å². The van der Waals surface area contributed by atoms with Crippen LogP contribution in [0.25, 0.3) is 0 Å². The summed E-state index contributed by atoms with van der Waals surface area (Å²) >= 11 is 0. The third-order valence-corrected chi connectivity index (χ3v) is 6.58. The number of hydrogen-bond donors (Lipinski definition) is 3. The highest BCUT2D eigenvalue weighted by Crippen LogP contribution is 2.20. The van der Waals surface area contributed by atoms with Crippen LogP contribution in [0.15, 0.2) is 58.4 Å². The molecule has 0 saturated carbocycles. The van der Waals surface area contributed by atoms with Crippen LogP contribution in [0.3, 0.4) is 0 Å². The number of benzene rings is 2. The molecule has 0 aromatic heterocycles. The number of sulfonamides is 1. The third-order valence-electron chi connectivity index (χ3n) is 5.17. The molecule has 2 aromatic rings. The normalized spacial score (nSPS) is 16.7. The van der Waals surface area contributed by atoms with E-state index in [1.807, 2.05) is 13.0 Å². The van der Waals surface area contributed by atoms with Crippen molar-refractivity contribution < 1.29 is 8.42 Å². The number of halogens is 1. The molecule has 1 saturated heterocycles. The molecule has 0 spiro atoms. The zero-order valence-corrected chi connectivity index (χ0v) is 21.4. The molecule has 1 heterocycles. The molecule has 1 unspecified atom stereocenters. The Balaban J connectivity index is 0.00000341. The van der Waals surface area contributed by atoms with E-state index >= 15 is 0 Å². The molecule has 0 bridgehead atoms. The lowest BCUT2D eigenvalue weighted by atomic mass is 10.2. The van der Waals surface area contributed by atoms with Crippen molar-refractivity contribution >= 4 is 45.6 Å². The summed E-state index contributed by atoms with van der Waals surface area (Å²) in [6.45, 7) is 7.21. The van der Waals surface area contributed by atoms with Crippen LogP contribution in [0.4, 0.5) is 5.69 Å². The van der Waals surface area contributed by atoms with Gasteiger partial charge in [0, 0.05) is 31.4 Å². The van der Waals surface area contributed by atoms with E-state index < -0.39 is 10.0 Å². The Kier molecular flexibility index (Phi) is 9.57. The Bertz CT molecular complexity index is 980. The first-order valence-corrected chi connectivity index (χ1v) is 11.8. The molecule has 3 rings (SSSR count). The molecule has 3 N–H and O–H groups in total. The Hall–Kier alpha value is -1.85. The minimum Gasteiger partial charge on any atom is -0.369 e. The maximum absolute atomic E-state index is 12.0. The summed E-state index contributed by atoms with van der Waals surface area (Å²) in [6.07, 6.45) is 1.04. The summed E-state index contributed by atoms with van der Waals surface area (Å²) in [7, 11) is -2.05. The van der Waals surface area contributed by atoms with Gasteiger partial charge in [-0.25, -0.2) is 18.1 Å². The topological polar surface area (TPSA) is 85.8 Å². The molecule has 7 nitrogen and oxygen atoms in total. The quantitative estimate of drug-likeness (QED) is 0.277. The van der Waals surface area contributed by atoms with Crippen molar-refractivity contribution in [2.24, 2.45) is 4.99 Å². The standard InChI is InChI=1S/C22H31N5O2S.HI/c1-4-24-22(25-15-18-6-5-7-21(14-18)30(28,29)23-3)26-19-12-13-27(16-19)20-10-8-17(2)9-11-20;/h5-11,14,19,23H,4,12-13,15-16H2,1-3H3,(H2,24,25,26);1H. The number of aliphatic imine (C=N–C) groups is 1. The summed E-state index contributed by atoms with van der Waals surface area (Å²) in [5, 5.41) is 6.81. The largest absolute Gasteiger partial charge is 0.369 e. The SMILES string of the molecule is CCNC(=NCc1cccc(S(=O)(=O)NC)c1)NC1CCN(c2ccc(C)cc2)C1.I. The highest BCUT2D eigenvalue weighted by atomic mass is 127. The van der Waals surface area contributed by atoms with E-state index in [0.29, 0.717) is 12.6 Å². The van der Waals surface area contributed by atoms with Crippen molar-refractivity contribution in [3.63, 3.8) is 0 Å². The van der Waals surface area contributed by atoms with E-state index in [9.17, 15) is 8.42 Å². The highest BCUT2D eigenvalue weighted by Gasteiger charge is 2.23. The molecule has 1 aliphatic heterocycles. The number of anilines is 1. The number of hydrogen-bond acceptors (Lipinski definition) is 4. The monoisotopic (exact) mass is 557 g/mol. The van der Waals surface area contributed by atoms with Crippen LogP contribution >= 0.6 is 24.0 Å². The van der Waals surface area contributed by atoms with Gasteiger partial charge in [-0.3, -0.25) is 0 Å². The van der Waals surface area contributed by atoms with Crippen LogP contribution in [0.1, 0.15) is 24.5 Å². The summed E-state index contributed by atoms with van der Waals surface area (Å²) in [5.41, 5.74) is 3.35. The molecule has 2 aromatic carbocycles. The molecule has 31 heavy (non-hydrogen) atoms. The Labute approximate surface area is 202 Å². The molecular formula is C22H32IN5O2S. The first kappa shape index (κ1) is 25.4. The Morgan fingerprint density at radius 3 is 2.61 bits per heavy atom. The van der Waals surface area contributed by atoms with E-state index in [-0.39, 0.29) is 28.9 Å². The van der Waals surface area contributed by atoms with Crippen LogP contribution < -0.4 is 20.3 Å². The minimum atomic E-state index is -3.46. The predicted molar refractivity (Wildman–Crippen MR) is 138 cm³/mol. The summed E-state index contributed by atoms with van der Waals surface area (Å²) in [6, 6.07) is 15.8. The molecule has 0 aliphatic carbocycles. The van der Waals surface area contributed by atoms with Gasteiger partial charge in [0.2, 0.25) is 10.0 Å². The lowest BCUT2D eigenvalue weighted by Crippen LogP contribution is -2.44. The van der Waals surface area contributed by atoms with Gasteiger partial charge in [-0.2, -0.15) is 0 Å². The molecule has 9 heteroatoms. The van der Waals surface area contributed by atoms with E-state index in [0.717, 1.165) is 37.6 Å². The van der Waals surface area contributed by atoms with Crippen molar-refractivity contribution in [1.29, 1.82) is 0 Å². The average Bonchev–Trinajstić information content (AvgIpc) is 3.21. The van der Waals surface area contributed by atoms with Gasteiger partial charge in [-0.05, 0) is 57.1 Å².